The number of aliphatic carboxylic acids is 1. The zero-order chi connectivity index (χ0) is 14.5. The highest BCUT2D eigenvalue weighted by molar-refractivity contribution is 5.80. The normalized spacial score (nSPS) is 12.8. The van der Waals surface area contributed by atoms with E-state index in [-0.39, 0.29) is 5.69 Å². The Hall–Kier alpha value is -2.12. The van der Waals surface area contributed by atoms with E-state index >= 15 is 0 Å². The summed E-state index contributed by atoms with van der Waals surface area (Å²) < 4.78 is 38.4. The van der Waals surface area contributed by atoms with Crippen molar-refractivity contribution in [3.05, 3.63) is 30.1 Å². The van der Waals surface area contributed by atoms with Crippen LogP contribution in [0.15, 0.2) is 24.4 Å². The first-order chi connectivity index (χ1) is 8.80. The molecule has 0 bridgehead atoms. The second kappa shape index (κ2) is 6.17. The van der Waals surface area contributed by atoms with Crippen LogP contribution in [0.3, 0.4) is 0 Å². The third-order valence-corrected chi connectivity index (χ3v) is 2.18. The second-order valence-corrected chi connectivity index (χ2v) is 3.69. The first-order valence-electron chi connectivity index (χ1n) is 5.29. The van der Waals surface area contributed by atoms with Gasteiger partial charge < -0.3 is 10.4 Å². The molecule has 5 nitrogen and oxygen atoms in total. The van der Waals surface area contributed by atoms with Crippen molar-refractivity contribution in [3.8, 4) is 0 Å². The van der Waals surface area contributed by atoms with E-state index in [2.05, 4.69) is 4.98 Å². The Labute approximate surface area is 106 Å². The zero-order valence-electron chi connectivity index (χ0n) is 9.65. The van der Waals surface area contributed by atoms with Gasteiger partial charge in [-0.25, -0.2) is 0 Å². The van der Waals surface area contributed by atoms with Gasteiger partial charge in [-0.1, -0.05) is 6.07 Å². The van der Waals surface area contributed by atoms with Crippen molar-refractivity contribution in [1.29, 1.82) is 0 Å². The average molecular weight is 276 g/mol. The van der Waals surface area contributed by atoms with Crippen LogP contribution in [0.4, 0.5) is 13.2 Å². The van der Waals surface area contributed by atoms with Crippen LogP contribution in [0.2, 0.25) is 0 Å². The minimum atomic E-state index is -4.70. The van der Waals surface area contributed by atoms with Gasteiger partial charge >= 0.3 is 12.1 Å². The van der Waals surface area contributed by atoms with Crippen molar-refractivity contribution in [2.24, 2.45) is 0 Å². The van der Waals surface area contributed by atoms with Gasteiger partial charge in [0.15, 0.2) is 6.04 Å². The molecule has 1 atom stereocenters. The number of amides is 1. The van der Waals surface area contributed by atoms with Gasteiger partial charge in [0, 0.05) is 12.6 Å². The third kappa shape index (κ3) is 4.94. The van der Waals surface area contributed by atoms with E-state index in [4.69, 9.17) is 5.11 Å². The Balaban J connectivity index is 2.77. The number of hydrogen-bond donors (Lipinski definition) is 2. The van der Waals surface area contributed by atoms with Gasteiger partial charge in [0.05, 0.1) is 12.1 Å². The summed E-state index contributed by atoms with van der Waals surface area (Å²) in [5, 5.41) is 10.1. The number of rotatable bonds is 5. The second-order valence-electron chi connectivity index (χ2n) is 3.69. The molecule has 0 aromatic carbocycles. The summed E-state index contributed by atoms with van der Waals surface area (Å²) in [5.41, 5.74) is -0.348. The lowest BCUT2D eigenvalue weighted by Crippen LogP contribution is -2.38. The maximum atomic E-state index is 12.8. The Morgan fingerprint density at radius 3 is 2.47 bits per heavy atom. The largest absolute Gasteiger partial charge is 0.481 e. The van der Waals surface area contributed by atoms with Crippen molar-refractivity contribution in [3.63, 3.8) is 0 Å². The van der Waals surface area contributed by atoms with Gasteiger partial charge in [-0.3, -0.25) is 14.6 Å². The van der Waals surface area contributed by atoms with Gasteiger partial charge in [-0.2, -0.15) is 13.2 Å². The van der Waals surface area contributed by atoms with E-state index < -0.39 is 36.9 Å². The number of alkyl halides is 3. The standard InChI is InChI=1S/C11H11F3N2O3/c12-11(13,14)10(7-3-1-2-6-15-7)16-8(17)4-5-9(18)19/h1-3,6,10H,4-5H2,(H,16,17)(H,18,19)/t10-/m1/s1. The van der Waals surface area contributed by atoms with Crippen LogP contribution >= 0.6 is 0 Å². The molecule has 1 amide bonds. The lowest BCUT2D eigenvalue weighted by Gasteiger charge is -2.20. The van der Waals surface area contributed by atoms with Gasteiger partial charge in [-0.15, -0.1) is 0 Å². The maximum absolute atomic E-state index is 12.8. The minimum absolute atomic E-state index is 0.348. The Kier molecular flexibility index (Phi) is 4.85. The molecule has 0 aliphatic heterocycles. The number of pyridine rings is 1. The molecule has 0 saturated carbocycles. The first kappa shape index (κ1) is 14.9. The van der Waals surface area contributed by atoms with Crippen molar-refractivity contribution >= 4 is 11.9 Å². The van der Waals surface area contributed by atoms with Crippen LogP contribution in [0.1, 0.15) is 24.6 Å². The van der Waals surface area contributed by atoms with E-state index in [1.807, 2.05) is 0 Å². The van der Waals surface area contributed by atoms with Crippen LogP contribution in [0, 0.1) is 0 Å². The fourth-order valence-corrected chi connectivity index (χ4v) is 1.32. The smallest absolute Gasteiger partial charge is 0.414 e. The predicted molar refractivity (Wildman–Crippen MR) is 58.0 cm³/mol. The molecule has 1 aromatic rings. The number of nitrogens with zero attached hydrogens (tertiary/aromatic N) is 1. The SMILES string of the molecule is O=C(O)CCC(=O)N[C@H](c1ccccn1)C(F)(F)F. The van der Waals surface area contributed by atoms with E-state index in [1.165, 1.54) is 18.3 Å². The van der Waals surface area contributed by atoms with Crippen LogP contribution in [-0.4, -0.2) is 28.1 Å². The van der Waals surface area contributed by atoms with Crippen LogP contribution in [0.5, 0.6) is 0 Å². The molecule has 0 unspecified atom stereocenters. The van der Waals surface area contributed by atoms with E-state index in [0.717, 1.165) is 6.07 Å². The molecule has 1 heterocycles. The minimum Gasteiger partial charge on any atom is -0.481 e. The first-order valence-corrected chi connectivity index (χ1v) is 5.29. The number of hydrogen-bond acceptors (Lipinski definition) is 3. The molecule has 0 radical (unpaired) electrons. The predicted octanol–water partition coefficient (Wildman–Crippen LogP) is 1.67. The van der Waals surface area contributed by atoms with Crippen LogP contribution in [-0.2, 0) is 9.59 Å². The van der Waals surface area contributed by atoms with Gasteiger partial charge in [-0.05, 0) is 12.1 Å². The molecule has 2 N–H and O–H groups in total. The van der Waals surface area contributed by atoms with E-state index in [9.17, 15) is 22.8 Å². The van der Waals surface area contributed by atoms with Crippen LogP contribution < -0.4 is 5.32 Å². The summed E-state index contributed by atoms with van der Waals surface area (Å²) in [5.74, 6) is -2.24. The molecule has 1 rings (SSSR count). The topological polar surface area (TPSA) is 79.3 Å². The highest BCUT2D eigenvalue weighted by Crippen LogP contribution is 2.31. The van der Waals surface area contributed by atoms with Crippen LogP contribution in [0.25, 0.3) is 0 Å². The number of carboxylic acids is 1. The van der Waals surface area contributed by atoms with Crippen molar-refractivity contribution in [2.45, 2.75) is 25.1 Å². The maximum Gasteiger partial charge on any atom is 0.414 e. The van der Waals surface area contributed by atoms with Gasteiger partial charge in [0.2, 0.25) is 5.91 Å². The lowest BCUT2D eigenvalue weighted by atomic mass is 10.1. The number of carboxylic acid groups (broad SMARTS) is 1. The summed E-state index contributed by atoms with van der Waals surface area (Å²) >= 11 is 0. The molecule has 0 saturated heterocycles. The Bertz CT molecular complexity index is 448. The number of nitrogens with one attached hydrogen (secondary N) is 1. The molecule has 104 valence electrons. The monoisotopic (exact) mass is 276 g/mol. The summed E-state index contributed by atoms with van der Waals surface area (Å²) in [6.45, 7) is 0. The number of halogens is 3. The van der Waals surface area contributed by atoms with Crippen molar-refractivity contribution in [1.82, 2.24) is 10.3 Å². The van der Waals surface area contributed by atoms with Crippen molar-refractivity contribution < 1.29 is 27.9 Å². The zero-order valence-corrected chi connectivity index (χ0v) is 9.65. The Morgan fingerprint density at radius 2 is 2.00 bits per heavy atom. The van der Waals surface area contributed by atoms with Gasteiger partial charge in [0.25, 0.3) is 0 Å². The number of carbonyl (C=O) groups is 2. The molecule has 8 heteroatoms. The summed E-state index contributed by atoms with van der Waals surface area (Å²) in [6, 6.07) is 1.71. The molecule has 0 spiro atoms. The number of carbonyl (C=O) groups excluding carboxylic acids is 1. The third-order valence-electron chi connectivity index (χ3n) is 2.18. The summed E-state index contributed by atoms with van der Waals surface area (Å²) in [7, 11) is 0. The quantitative estimate of drug-likeness (QED) is 0.857. The fraction of sp³-hybridized carbons (Fsp3) is 0.364. The summed E-state index contributed by atoms with van der Waals surface area (Å²) in [6.07, 6.45) is -4.57. The van der Waals surface area contributed by atoms with Gasteiger partial charge in [0.1, 0.15) is 0 Å². The molecular weight excluding hydrogens is 265 g/mol. The highest BCUT2D eigenvalue weighted by atomic mass is 19.4. The molecule has 0 fully saturated rings. The lowest BCUT2D eigenvalue weighted by molar-refractivity contribution is -0.164. The molecule has 0 aliphatic carbocycles. The highest BCUT2D eigenvalue weighted by Gasteiger charge is 2.42. The molecule has 0 aliphatic rings. The molecular formula is C11H11F3N2O3. The fourth-order valence-electron chi connectivity index (χ4n) is 1.32. The number of aromatic nitrogens is 1. The van der Waals surface area contributed by atoms with Crippen molar-refractivity contribution in [2.75, 3.05) is 0 Å². The van der Waals surface area contributed by atoms with E-state index in [1.54, 1.807) is 5.32 Å². The average Bonchev–Trinajstić information content (AvgIpc) is 2.33. The summed E-state index contributed by atoms with van der Waals surface area (Å²) in [4.78, 5) is 25.1. The van der Waals surface area contributed by atoms with E-state index in [0.29, 0.717) is 0 Å². The molecule has 19 heavy (non-hydrogen) atoms. The molecule has 1 aromatic heterocycles. The Morgan fingerprint density at radius 1 is 1.32 bits per heavy atom.